The van der Waals surface area contributed by atoms with E-state index >= 15 is 0 Å². The second-order valence-corrected chi connectivity index (χ2v) is 6.26. The van der Waals surface area contributed by atoms with Crippen molar-refractivity contribution in [3.63, 3.8) is 0 Å². The summed E-state index contributed by atoms with van der Waals surface area (Å²) in [6.07, 6.45) is -1.73. The molecule has 0 fully saturated rings. The summed E-state index contributed by atoms with van der Waals surface area (Å²) in [7, 11) is 0. The van der Waals surface area contributed by atoms with Gasteiger partial charge in [-0.05, 0) is 18.2 Å². The second-order valence-electron chi connectivity index (χ2n) is 4.97. The van der Waals surface area contributed by atoms with E-state index in [9.17, 15) is 13.2 Å². The number of thiazole rings is 1. The standard InChI is InChI=1S/C15H11ClF3N5S/c16-11-3-1-10(2-4-11)13-8-25-14(21-13)22-20-7-12-5-6-24(23-12)9-15(17,18)19/h1-8H,9H2,(H,21,22)/b20-7+. The van der Waals surface area contributed by atoms with Gasteiger partial charge < -0.3 is 0 Å². The van der Waals surface area contributed by atoms with Crippen LogP contribution in [0.15, 0.2) is 47.0 Å². The van der Waals surface area contributed by atoms with Gasteiger partial charge >= 0.3 is 6.18 Å². The summed E-state index contributed by atoms with van der Waals surface area (Å²) in [4.78, 5) is 4.37. The van der Waals surface area contributed by atoms with Crippen LogP contribution in [-0.2, 0) is 6.54 Å². The number of halogens is 4. The first kappa shape index (κ1) is 17.4. The van der Waals surface area contributed by atoms with Crippen LogP contribution in [0.25, 0.3) is 11.3 Å². The summed E-state index contributed by atoms with van der Waals surface area (Å²) in [5, 5.41) is 10.8. The van der Waals surface area contributed by atoms with Crippen LogP contribution in [-0.4, -0.2) is 27.2 Å². The number of alkyl halides is 3. The molecule has 0 unspecified atom stereocenters. The lowest BCUT2D eigenvalue weighted by atomic mass is 10.2. The zero-order valence-corrected chi connectivity index (χ0v) is 14.1. The van der Waals surface area contributed by atoms with Crippen LogP contribution in [0.5, 0.6) is 0 Å². The largest absolute Gasteiger partial charge is 0.408 e. The molecular formula is C15H11ClF3N5S. The van der Waals surface area contributed by atoms with Gasteiger partial charge in [0.1, 0.15) is 12.2 Å². The first-order chi connectivity index (χ1) is 11.9. The summed E-state index contributed by atoms with van der Waals surface area (Å²) < 4.78 is 37.6. The van der Waals surface area contributed by atoms with Crippen molar-refractivity contribution in [1.29, 1.82) is 0 Å². The van der Waals surface area contributed by atoms with Gasteiger partial charge in [-0.1, -0.05) is 23.7 Å². The number of aromatic nitrogens is 3. The summed E-state index contributed by atoms with van der Waals surface area (Å²) in [5.74, 6) is 0. The van der Waals surface area contributed by atoms with Gasteiger partial charge in [-0.15, -0.1) is 11.3 Å². The van der Waals surface area contributed by atoms with E-state index in [2.05, 4.69) is 20.6 Å². The molecule has 0 spiro atoms. The van der Waals surface area contributed by atoms with Gasteiger partial charge in [0.25, 0.3) is 0 Å². The number of nitrogens with zero attached hydrogens (tertiary/aromatic N) is 4. The molecule has 25 heavy (non-hydrogen) atoms. The molecule has 1 N–H and O–H groups in total. The molecule has 0 saturated heterocycles. The maximum Gasteiger partial charge on any atom is 0.408 e. The Morgan fingerprint density at radius 2 is 2.00 bits per heavy atom. The molecular weight excluding hydrogens is 375 g/mol. The van der Waals surface area contributed by atoms with Crippen molar-refractivity contribution in [2.75, 3.05) is 5.43 Å². The van der Waals surface area contributed by atoms with E-state index in [0.29, 0.717) is 15.8 Å². The molecule has 0 aliphatic carbocycles. The fourth-order valence-corrected chi connectivity index (χ4v) is 2.74. The Kier molecular flexibility index (Phi) is 5.05. The van der Waals surface area contributed by atoms with Crippen LogP contribution in [0.4, 0.5) is 18.3 Å². The van der Waals surface area contributed by atoms with Gasteiger partial charge in [-0.3, -0.25) is 10.1 Å². The zero-order chi connectivity index (χ0) is 17.9. The van der Waals surface area contributed by atoms with Crippen molar-refractivity contribution >= 4 is 34.3 Å². The third-order valence-electron chi connectivity index (χ3n) is 3.00. The number of rotatable bonds is 5. The lowest BCUT2D eigenvalue weighted by molar-refractivity contribution is -0.142. The van der Waals surface area contributed by atoms with E-state index in [1.165, 1.54) is 29.8 Å². The molecule has 0 amide bonds. The molecule has 2 heterocycles. The molecule has 0 atom stereocenters. The quantitative estimate of drug-likeness (QED) is 0.513. The Morgan fingerprint density at radius 3 is 2.72 bits per heavy atom. The highest BCUT2D eigenvalue weighted by molar-refractivity contribution is 7.14. The molecule has 0 aliphatic rings. The summed E-state index contributed by atoms with van der Waals surface area (Å²) in [5.41, 5.74) is 4.73. The fraction of sp³-hybridized carbons (Fsp3) is 0.133. The monoisotopic (exact) mass is 385 g/mol. The number of anilines is 1. The fourth-order valence-electron chi connectivity index (χ4n) is 1.95. The zero-order valence-electron chi connectivity index (χ0n) is 12.5. The Bertz CT molecular complexity index is 870. The van der Waals surface area contributed by atoms with Crippen molar-refractivity contribution in [3.05, 3.63) is 52.6 Å². The molecule has 5 nitrogen and oxygen atoms in total. The van der Waals surface area contributed by atoms with E-state index in [1.54, 1.807) is 12.1 Å². The minimum atomic E-state index is -4.31. The van der Waals surface area contributed by atoms with E-state index in [-0.39, 0.29) is 0 Å². The average Bonchev–Trinajstić information content (AvgIpc) is 3.16. The Hall–Kier alpha value is -2.39. The number of benzene rings is 1. The van der Waals surface area contributed by atoms with E-state index in [1.807, 2.05) is 17.5 Å². The van der Waals surface area contributed by atoms with Crippen LogP contribution >= 0.6 is 22.9 Å². The molecule has 10 heteroatoms. The van der Waals surface area contributed by atoms with Crippen molar-refractivity contribution < 1.29 is 13.2 Å². The Balaban J connectivity index is 1.60. The summed E-state index contributed by atoms with van der Waals surface area (Å²) in [6, 6.07) is 8.71. The van der Waals surface area contributed by atoms with Crippen molar-refractivity contribution in [3.8, 4) is 11.3 Å². The Morgan fingerprint density at radius 1 is 1.24 bits per heavy atom. The average molecular weight is 386 g/mol. The normalized spacial score (nSPS) is 12.0. The molecule has 3 rings (SSSR count). The molecule has 1 aromatic carbocycles. The van der Waals surface area contributed by atoms with Crippen LogP contribution in [0.2, 0.25) is 5.02 Å². The van der Waals surface area contributed by atoms with Gasteiger partial charge in [0.15, 0.2) is 0 Å². The van der Waals surface area contributed by atoms with Gasteiger partial charge in [0.2, 0.25) is 5.13 Å². The van der Waals surface area contributed by atoms with Crippen molar-refractivity contribution in [2.24, 2.45) is 5.10 Å². The molecule has 0 aliphatic heterocycles. The summed E-state index contributed by atoms with van der Waals surface area (Å²) in [6.45, 7) is -1.13. The lowest BCUT2D eigenvalue weighted by Gasteiger charge is -2.04. The first-order valence-corrected chi connectivity index (χ1v) is 8.25. The van der Waals surface area contributed by atoms with Gasteiger partial charge in [0, 0.05) is 22.2 Å². The number of hydrogen-bond acceptors (Lipinski definition) is 5. The predicted molar refractivity (Wildman–Crippen MR) is 92.1 cm³/mol. The third-order valence-corrected chi connectivity index (χ3v) is 4.00. The number of nitrogens with one attached hydrogen (secondary N) is 1. The van der Waals surface area contributed by atoms with Crippen LogP contribution in [0.1, 0.15) is 5.69 Å². The maximum atomic E-state index is 12.3. The molecule has 0 saturated carbocycles. The highest BCUT2D eigenvalue weighted by Crippen LogP contribution is 2.25. The Labute approximate surface area is 149 Å². The lowest BCUT2D eigenvalue weighted by Crippen LogP contribution is -2.18. The maximum absolute atomic E-state index is 12.3. The van der Waals surface area contributed by atoms with Crippen LogP contribution in [0.3, 0.4) is 0 Å². The van der Waals surface area contributed by atoms with Crippen molar-refractivity contribution in [1.82, 2.24) is 14.8 Å². The second kappa shape index (κ2) is 7.24. The van der Waals surface area contributed by atoms with Gasteiger partial charge in [0.05, 0.1) is 11.9 Å². The first-order valence-electron chi connectivity index (χ1n) is 7.00. The molecule has 130 valence electrons. The number of hydrazone groups is 1. The number of hydrogen-bond donors (Lipinski definition) is 1. The molecule has 0 bridgehead atoms. The minimum Gasteiger partial charge on any atom is -0.263 e. The smallest absolute Gasteiger partial charge is 0.263 e. The predicted octanol–water partition coefficient (Wildman–Crippen LogP) is 4.67. The summed E-state index contributed by atoms with van der Waals surface area (Å²) >= 11 is 7.20. The van der Waals surface area contributed by atoms with E-state index in [4.69, 9.17) is 11.6 Å². The van der Waals surface area contributed by atoms with Crippen LogP contribution < -0.4 is 5.43 Å². The van der Waals surface area contributed by atoms with Crippen LogP contribution in [0, 0.1) is 0 Å². The molecule has 2 aromatic heterocycles. The van der Waals surface area contributed by atoms with E-state index in [0.717, 1.165) is 15.9 Å². The van der Waals surface area contributed by atoms with Gasteiger partial charge in [-0.25, -0.2) is 4.98 Å². The third kappa shape index (κ3) is 5.04. The van der Waals surface area contributed by atoms with Crippen molar-refractivity contribution in [2.45, 2.75) is 12.7 Å². The van der Waals surface area contributed by atoms with E-state index < -0.39 is 12.7 Å². The highest BCUT2D eigenvalue weighted by Gasteiger charge is 2.28. The molecule has 3 aromatic rings. The SMILES string of the molecule is FC(F)(F)Cn1ccc(/C=N/Nc2nc(-c3ccc(Cl)cc3)cs2)n1. The molecule has 0 radical (unpaired) electrons. The highest BCUT2D eigenvalue weighted by atomic mass is 35.5. The minimum absolute atomic E-state index is 0.311. The topological polar surface area (TPSA) is 55.1 Å². The van der Waals surface area contributed by atoms with Gasteiger partial charge in [-0.2, -0.15) is 23.4 Å².